The number of ether oxygens (including phenoxy) is 1. The number of nitrogens with one attached hydrogen (secondary N) is 2. The van der Waals surface area contributed by atoms with E-state index in [2.05, 4.69) is 94.6 Å². The third-order valence-electron chi connectivity index (χ3n) is 5.84. The van der Waals surface area contributed by atoms with Gasteiger partial charge in [-0.05, 0) is 69.6 Å². The van der Waals surface area contributed by atoms with Crippen molar-refractivity contribution in [2.24, 2.45) is 7.05 Å². The smallest absolute Gasteiger partial charge is 0.226 e. The van der Waals surface area contributed by atoms with Crippen LogP contribution in [0, 0.1) is 6.92 Å². The van der Waals surface area contributed by atoms with Gasteiger partial charge in [-0.3, -0.25) is 0 Å². The molecule has 4 aromatic rings. The number of hydrogen-bond donors (Lipinski definition) is 2. The first kappa shape index (κ1) is 24.0. The molecule has 7 nitrogen and oxygen atoms in total. The fraction of sp³-hybridized carbons (Fsp3) is 0.346. The van der Waals surface area contributed by atoms with Crippen molar-refractivity contribution >= 4 is 44.5 Å². The van der Waals surface area contributed by atoms with Gasteiger partial charge < -0.3 is 19.9 Å². The van der Waals surface area contributed by atoms with Gasteiger partial charge in [0, 0.05) is 19.3 Å². The fourth-order valence-electron chi connectivity index (χ4n) is 3.76. The van der Waals surface area contributed by atoms with Crippen LogP contribution in [0.5, 0.6) is 5.75 Å². The van der Waals surface area contributed by atoms with Crippen molar-refractivity contribution in [3.63, 3.8) is 0 Å². The Kier molecular flexibility index (Phi) is 6.79. The van der Waals surface area contributed by atoms with E-state index in [1.165, 1.54) is 11.1 Å². The topological polar surface area (TPSA) is 76.9 Å². The Balaban J connectivity index is 1.59. The molecule has 0 atom stereocenters. The third kappa shape index (κ3) is 5.17. The van der Waals surface area contributed by atoms with Crippen LogP contribution in [0.15, 0.2) is 47.2 Å². The summed E-state index contributed by atoms with van der Waals surface area (Å²) in [6.45, 7) is 9.44. The van der Waals surface area contributed by atoms with E-state index in [9.17, 15) is 0 Å². The summed E-state index contributed by atoms with van der Waals surface area (Å²) < 4.78 is 8.20. The number of imidazole rings is 1. The van der Waals surface area contributed by atoms with Gasteiger partial charge in [-0.1, -0.05) is 39.0 Å². The number of aromatic nitrogens is 4. The number of fused-ring (bicyclic) bond motifs is 1. The minimum Gasteiger partial charge on any atom is -0.496 e. The Bertz CT molecular complexity index is 1330. The highest BCUT2D eigenvalue weighted by molar-refractivity contribution is 9.10. The second-order valence-electron chi connectivity index (χ2n) is 9.47. The molecule has 2 aromatic heterocycles. The lowest BCUT2D eigenvalue weighted by atomic mass is 9.86. The molecule has 0 bridgehead atoms. The van der Waals surface area contributed by atoms with Crippen LogP contribution < -0.4 is 15.4 Å². The first-order valence-electron chi connectivity index (χ1n) is 11.3. The van der Waals surface area contributed by atoms with E-state index >= 15 is 0 Å². The van der Waals surface area contributed by atoms with Gasteiger partial charge in [-0.2, -0.15) is 9.97 Å². The molecule has 0 fully saturated rings. The van der Waals surface area contributed by atoms with Crippen molar-refractivity contribution < 1.29 is 4.74 Å². The predicted molar refractivity (Wildman–Crippen MR) is 142 cm³/mol. The maximum Gasteiger partial charge on any atom is 0.226 e. The lowest BCUT2D eigenvalue weighted by Gasteiger charge is -2.21. The van der Waals surface area contributed by atoms with E-state index in [-0.39, 0.29) is 5.41 Å². The average Bonchev–Trinajstić information content (AvgIpc) is 3.15. The van der Waals surface area contributed by atoms with E-state index in [4.69, 9.17) is 9.72 Å². The molecule has 2 N–H and O–H groups in total. The van der Waals surface area contributed by atoms with E-state index in [0.29, 0.717) is 18.1 Å². The Morgan fingerprint density at radius 2 is 1.88 bits per heavy atom. The van der Waals surface area contributed by atoms with Crippen LogP contribution in [-0.4, -0.2) is 33.2 Å². The van der Waals surface area contributed by atoms with Gasteiger partial charge in [0.1, 0.15) is 11.3 Å². The van der Waals surface area contributed by atoms with Crippen molar-refractivity contribution in [2.45, 2.75) is 39.5 Å². The van der Waals surface area contributed by atoms with Crippen molar-refractivity contribution in [1.82, 2.24) is 19.5 Å². The lowest BCUT2D eigenvalue weighted by Crippen LogP contribution is -2.12. The molecule has 0 amide bonds. The van der Waals surface area contributed by atoms with Crippen molar-refractivity contribution in [2.75, 3.05) is 24.3 Å². The van der Waals surface area contributed by atoms with Crippen LogP contribution in [0.25, 0.3) is 11.2 Å². The van der Waals surface area contributed by atoms with Gasteiger partial charge in [0.15, 0.2) is 11.5 Å². The molecule has 4 rings (SSSR count). The SMILES string of the molecule is COc1ccc(CCNc2nc(Nc3cc(C(C)(C)C)ccc3C)c3c(ncn3C)n2)cc1Br. The largest absolute Gasteiger partial charge is 0.496 e. The molecule has 0 spiro atoms. The highest BCUT2D eigenvalue weighted by atomic mass is 79.9. The molecule has 0 aliphatic heterocycles. The van der Waals surface area contributed by atoms with Gasteiger partial charge in [0.2, 0.25) is 5.95 Å². The maximum atomic E-state index is 5.31. The molecule has 0 saturated carbocycles. The van der Waals surface area contributed by atoms with Crippen LogP contribution in [0.2, 0.25) is 0 Å². The van der Waals surface area contributed by atoms with Gasteiger partial charge in [0.25, 0.3) is 0 Å². The summed E-state index contributed by atoms with van der Waals surface area (Å²) in [6.07, 6.45) is 2.59. The molecular weight excluding hydrogens is 492 g/mol. The molecule has 8 heteroatoms. The number of halogens is 1. The normalized spacial score (nSPS) is 11.6. The number of benzene rings is 2. The molecule has 178 valence electrons. The minimum atomic E-state index is 0.0564. The van der Waals surface area contributed by atoms with Crippen LogP contribution in [0.4, 0.5) is 17.5 Å². The van der Waals surface area contributed by atoms with Crippen LogP contribution in [0.3, 0.4) is 0 Å². The highest BCUT2D eigenvalue weighted by Crippen LogP contribution is 2.31. The lowest BCUT2D eigenvalue weighted by molar-refractivity contribution is 0.412. The Morgan fingerprint density at radius 3 is 2.59 bits per heavy atom. The summed E-state index contributed by atoms with van der Waals surface area (Å²) in [5, 5.41) is 6.91. The first-order valence-corrected chi connectivity index (χ1v) is 12.1. The number of nitrogens with zero attached hydrogens (tertiary/aromatic N) is 4. The number of rotatable bonds is 7. The summed E-state index contributed by atoms with van der Waals surface area (Å²) in [6, 6.07) is 12.6. The Labute approximate surface area is 209 Å². The second-order valence-corrected chi connectivity index (χ2v) is 10.3. The monoisotopic (exact) mass is 522 g/mol. The zero-order valence-electron chi connectivity index (χ0n) is 20.5. The summed E-state index contributed by atoms with van der Waals surface area (Å²) in [7, 11) is 3.62. The summed E-state index contributed by atoms with van der Waals surface area (Å²) in [4.78, 5) is 13.9. The van der Waals surface area contributed by atoms with Crippen LogP contribution in [0.1, 0.15) is 37.5 Å². The van der Waals surface area contributed by atoms with Crippen molar-refractivity contribution in [3.05, 3.63) is 63.9 Å². The van der Waals surface area contributed by atoms with Gasteiger partial charge in [-0.15, -0.1) is 0 Å². The van der Waals surface area contributed by atoms with E-state index in [0.717, 1.165) is 39.2 Å². The minimum absolute atomic E-state index is 0.0564. The standard InChI is InChI=1S/C26H31BrN6O/c1-16-7-9-18(26(2,3)4)14-20(16)30-24-22-23(29-15-33(22)5)31-25(32-24)28-12-11-17-8-10-21(34-6)19(27)13-17/h7-10,13-15H,11-12H2,1-6H3,(H2,28,30,31,32). The van der Waals surface area contributed by atoms with E-state index < -0.39 is 0 Å². The molecule has 34 heavy (non-hydrogen) atoms. The number of hydrogen-bond acceptors (Lipinski definition) is 6. The van der Waals surface area contributed by atoms with E-state index in [1.54, 1.807) is 13.4 Å². The molecule has 0 aliphatic rings. The first-order chi connectivity index (χ1) is 16.2. The summed E-state index contributed by atoms with van der Waals surface area (Å²) in [5.74, 6) is 2.10. The molecule has 2 aromatic carbocycles. The molecule has 0 radical (unpaired) electrons. The third-order valence-corrected chi connectivity index (χ3v) is 6.46. The van der Waals surface area contributed by atoms with E-state index in [1.807, 2.05) is 17.7 Å². The fourth-order valence-corrected chi connectivity index (χ4v) is 4.35. The van der Waals surface area contributed by atoms with Crippen molar-refractivity contribution in [3.8, 4) is 5.75 Å². The zero-order valence-corrected chi connectivity index (χ0v) is 22.1. The summed E-state index contributed by atoms with van der Waals surface area (Å²) >= 11 is 3.55. The summed E-state index contributed by atoms with van der Waals surface area (Å²) in [5.41, 5.74) is 6.21. The number of anilines is 3. The van der Waals surface area contributed by atoms with Gasteiger partial charge >= 0.3 is 0 Å². The quantitative estimate of drug-likeness (QED) is 0.303. The predicted octanol–water partition coefficient (Wildman–Crippen LogP) is 6.14. The van der Waals surface area contributed by atoms with Crippen molar-refractivity contribution in [1.29, 1.82) is 0 Å². The second kappa shape index (κ2) is 9.62. The Morgan fingerprint density at radius 1 is 1.09 bits per heavy atom. The molecule has 0 aliphatic carbocycles. The molecule has 0 saturated heterocycles. The number of methoxy groups -OCH3 is 1. The highest BCUT2D eigenvalue weighted by Gasteiger charge is 2.17. The molecular formula is C26H31BrN6O. The molecule has 2 heterocycles. The van der Waals surface area contributed by atoms with Crippen LogP contribution in [-0.2, 0) is 18.9 Å². The maximum absolute atomic E-state index is 5.31. The molecule has 0 unspecified atom stereocenters. The average molecular weight is 523 g/mol. The van der Waals surface area contributed by atoms with Gasteiger partial charge in [-0.25, -0.2) is 4.98 Å². The van der Waals surface area contributed by atoms with Gasteiger partial charge in [0.05, 0.1) is 17.9 Å². The zero-order chi connectivity index (χ0) is 24.5. The van der Waals surface area contributed by atoms with Crippen LogP contribution >= 0.6 is 15.9 Å². The number of aryl methyl sites for hydroxylation is 2. The Hall–Kier alpha value is -3.13.